The molecule has 26 heavy (non-hydrogen) atoms. The summed E-state index contributed by atoms with van der Waals surface area (Å²) in [5.74, 6) is 0.439. The fourth-order valence-electron chi connectivity index (χ4n) is 2.84. The standard InChI is InChI=1S/C19H25N3O2S2/c1-19(2,22-8-10-24-11-9-22)14-20-17(23)13-26-18-21-16(12-25-18)15-6-4-3-5-7-15/h3-7,12H,8-11,13-14H2,1-2H3,(H,20,23). The lowest BCUT2D eigenvalue weighted by atomic mass is 10.0. The Kier molecular flexibility index (Phi) is 6.69. The Labute approximate surface area is 163 Å². The van der Waals surface area contributed by atoms with Crippen molar-refractivity contribution < 1.29 is 9.53 Å². The van der Waals surface area contributed by atoms with Crippen LogP contribution in [0, 0.1) is 0 Å². The highest BCUT2D eigenvalue weighted by atomic mass is 32.2. The van der Waals surface area contributed by atoms with Gasteiger partial charge in [0.25, 0.3) is 0 Å². The number of hydrogen-bond donors (Lipinski definition) is 1. The predicted octanol–water partition coefficient (Wildman–Crippen LogP) is 3.13. The second-order valence-corrected chi connectivity index (χ2v) is 8.92. The monoisotopic (exact) mass is 391 g/mol. The van der Waals surface area contributed by atoms with Crippen LogP contribution in [-0.2, 0) is 9.53 Å². The van der Waals surface area contributed by atoms with Crippen molar-refractivity contribution in [2.45, 2.75) is 23.7 Å². The van der Waals surface area contributed by atoms with Gasteiger partial charge in [-0.25, -0.2) is 4.98 Å². The van der Waals surface area contributed by atoms with E-state index in [2.05, 4.69) is 29.0 Å². The van der Waals surface area contributed by atoms with Crippen molar-refractivity contribution in [3.63, 3.8) is 0 Å². The maximum atomic E-state index is 12.2. The van der Waals surface area contributed by atoms with E-state index in [0.717, 1.165) is 41.9 Å². The van der Waals surface area contributed by atoms with Crippen molar-refractivity contribution in [2.24, 2.45) is 0 Å². The predicted molar refractivity (Wildman–Crippen MR) is 108 cm³/mol. The molecule has 1 aliphatic rings. The Hall–Kier alpha value is -1.41. The van der Waals surface area contributed by atoms with Gasteiger partial charge < -0.3 is 10.1 Å². The molecule has 140 valence electrons. The molecule has 0 saturated carbocycles. The first-order valence-electron chi connectivity index (χ1n) is 8.78. The van der Waals surface area contributed by atoms with Crippen LogP contribution in [0.3, 0.4) is 0 Å². The Balaban J connectivity index is 1.45. The number of rotatable bonds is 7. The summed E-state index contributed by atoms with van der Waals surface area (Å²) in [7, 11) is 0. The van der Waals surface area contributed by atoms with E-state index < -0.39 is 0 Å². The number of benzene rings is 1. The van der Waals surface area contributed by atoms with Gasteiger partial charge in [-0.05, 0) is 13.8 Å². The number of nitrogens with zero attached hydrogens (tertiary/aromatic N) is 2. The molecule has 0 atom stereocenters. The van der Waals surface area contributed by atoms with Gasteiger partial charge in [0.1, 0.15) is 0 Å². The van der Waals surface area contributed by atoms with E-state index in [0.29, 0.717) is 12.3 Å². The number of nitrogens with one attached hydrogen (secondary N) is 1. The summed E-state index contributed by atoms with van der Waals surface area (Å²) in [5.41, 5.74) is 2.01. The van der Waals surface area contributed by atoms with Crippen molar-refractivity contribution in [1.29, 1.82) is 0 Å². The smallest absolute Gasteiger partial charge is 0.230 e. The van der Waals surface area contributed by atoms with Crippen LogP contribution in [0.15, 0.2) is 40.1 Å². The Morgan fingerprint density at radius 2 is 2.04 bits per heavy atom. The third-order valence-electron chi connectivity index (χ3n) is 4.46. The number of amides is 1. The van der Waals surface area contributed by atoms with Gasteiger partial charge in [-0.15, -0.1) is 11.3 Å². The van der Waals surface area contributed by atoms with Gasteiger partial charge in [-0.2, -0.15) is 0 Å². The highest BCUT2D eigenvalue weighted by Gasteiger charge is 2.28. The topological polar surface area (TPSA) is 54.5 Å². The molecule has 5 nitrogen and oxygen atoms in total. The van der Waals surface area contributed by atoms with Gasteiger partial charge in [0.15, 0.2) is 4.34 Å². The Morgan fingerprint density at radius 1 is 1.31 bits per heavy atom. The molecule has 1 aromatic heterocycles. The molecular weight excluding hydrogens is 366 g/mol. The summed E-state index contributed by atoms with van der Waals surface area (Å²) < 4.78 is 6.33. The van der Waals surface area contributed by atoms with Gasteiger partial charge in [-0.3, -0.25) is 9.69 Å². The highest BCUT2D eigenvalue weighted by molar-refractivity contribution is 8.01. The van der Waals surface area contributed by atoms with E-state index in [9.17, 15) is 4.79 Å². The summed E-state index contributed by atoms with van der Waals surface area (Å²) >= 11 is 3.07. The number of carbonyl (C=O) groups excluding carboxylic acids is 1. The van der Waals surface area contributed by atoms with Crippen LogP contribution in [0.4, 0.5) is 0 Å². The maximum Gasteiger partial charge on any atom is 0.230 e. The minimum Gasteiger partial charge on any atom is -0.379 e. The van der Waals surface area contributed by atoms with Crippen LogP contribution in [0.5, 0.6) is 0 Å². The number of thiazole rings is 1. The van der Waals surface area contributed by atoms with Gasteiger partial charge in [0, 0.05) is 36.1 Å². The molecule has 1 saturated heterocycles. The minimum absolute atomic E-state index is 0.0489. The number of ether oxygens (including phenoxy) is 1. The molecule has 7 heteroatoms. The van der Waals surface area contributed by atoms with Crippen molar-refractivity contribution in [3.05, 3.63) is 35.7 Å². The summed E-state index contributed by atoms with van der Waals surface area (Å²) in [6.45, 7) is 8.33. The number of carbonyl (C=O) groups is 1. The lowest BCUT2D eigenvalue weighted by molar-refractivity contribution is -0.119. The van der Waals surface area contributed by atoms with E-state index in [4.69, 9.17) is 4.74 Å². The maximum absolute atomic E-state index is 12.2. The minimum atomic E-state index is -0.0637. The van der Waals surface area contributed by atoms with Crippen LogP contribution in [-0.4, -0.2) is 59.9 Å². The molecule has 0 radical (unpaired) electrons. The molecule has 1 aliphatic heterocycles. The summed E-state index contributed by atoms with van der Waals surface area (Å²) in [5, 5.41) is 5.10. The lowest BCUT2D eigenvalue weighted by Gasteiger charge is -2.40. The number of morpholine rings is 1. The fraction of sp³-hybridized carbons (Fsp3) is 0.474. The normalized spacial score (nSPS) is 15.8. The molecule has 2 heterocycles. The largest absolute Gasteiger partial charge is 0.379 e. The quantitative estimate of drug-likeness (QED) is 0.735. The summed E-state index contributed by atoms with van der Waals surface area (Å²) in [6.07, 6.45) is 0. The van der Waals surface area contributed by atoms with Gasteiger partial charge in [-0.1, -0.05) is 42.1 Å². The fourth-order valence-corrected chi connectivity index (χ4v) is 4.50. The molecule has 1 aromatic carbocycles. The van der Waals surface area contributed by atoms with Crippen LogP contribution < -0.4 is 5.32 Å². The van der Waals surface area contributed by atoms with Crippen LogP contribution in [0.25, 0.3) is 11.3 Å². The van der Waals surface area contributed by atoms with Crippen LogP contribution >= 0.6 is 23.1 Å². The lowest BCUT2D eigenvalue weighted by Crippen LogP contribution is -2.55. The number of aromatic nitrogens is 1. The van der Waals surface area contributed by atoms with Crippen molar-refractivity contribution in [2.75, 3.05) is 38.6 Å². The number of hydrogen-bond acceptors (Lipinski definition) is 6. The second-order valence-electron chi connectivity index (χ2n) is 6.84. The van der Waals surface area contributed by atoms with Crippen molar-refractivity contribution in [1.82, 2.24) is 15.2 Å². The van der Waals surface area contributed by atoms with Crippen LogP contribution in [0.2, 0.25) is 0 Å². The molecule has 0 unspecified atom stereocenters. The van der Waals surface area contributed by atoms with Gasteiger partial charge >= 0.3 is 0 Å². The van der Waals surface area contributed by atoms with E-state index >= 15 is 0 Å². The third-order valence-corrected chi connectivity index (χ3v) is 6.49. The molecule has 0 spiro atoms. The Bertz CT molecular complexity index is 713. The molecule has 1 amide bonds. The van der Waals surface area contributed by atoms with Crippen LogP contribution in [0.1, 0.15) is 13.8 Å². The summed E-state index contributed by atoms with van der Waals surface area (Å²) in [6, 6.07) is 10.1. The molecule has 3 rings (SSSR count). The molecule has 0 bridgehead atoms. The molecule has 1 fully saturated rings. The average molecular weight is 392 g/mol. The third kappa shape index (κ3) is 5.30. The zero-order valence-corrected chi connectivity index (χ0v) is 16.9. The Morgan fingerprint density at radius 3 is 2.77 bits per heavy atom. The average Bonchev–Trinajstić information content (AvgIpc) is 3.15. The van der Waals surface area contributed by atoms with Crippen molar-refractivity contribution >= 4 is 29.0 Å². The molecule has 0 aliphatic carbocycles. The first-order chi connectivity index (χ1) is 12.5. The van der Waals surface area contributed by atoms with E-state index in [1.54, 1.807) is 11.3 Å². The zero-order valence-electron chi connectivity index (χ0n) is 15.2. The van der Waals surface area contributed by atoms with E-state index in [1.165, 1.54) is 11.8 Å². The highest BCUT2D eigenvalue weighted by Crippen LogP contribution is 2.28. The van der Waals surface area contributed by atoms with Gasteiger partial charge in [0.05, 0.1) is 24.7 Å². The van der Waals surface area contributed by atoms with E-state index in [1.807, 2.05) is 35.7 Å². The SMILES string of the molecule is CC(C)(CNC(=O)CSc1nc(-c2ccccc2)cs1)N1CCOCC1. The first kappa shape index (κ1) is 19.4. The van der Waals surface area contributed by atoms with Crippen molar-refractivity contribution in [3.8, 4) is 11.3 Å². The molecule has 2 aromatic rings. The first-order valence-corrected chi connectivity index (χ1v) is 10.6. The molecule has 1 N–H and O–H groups in total. The van der Waals surface area contributed by atoms with Gasteiger partial charge in [0.2, 0.25) is 5.91 Å². The summed E-state index contributed by atoms with van der Waals surface area (Å²) in [4.78, 5) is 19.2. The second kappa shape index (κ2) is 8.99. The van der Waals surface area contributed by atoms with E-state index in [-0.39, 0.29) is 11.4 Å². The zero-order chi connectivity index (χ0) is 18.4. The number of thioether (sulfide) groups is 1. The molecular formula is C19H25N3O2S2.